The Labute approximate surface area is 204 Å². The maximum Gasteiger partial charge on any atom is 0.258 e. The second-order valence-electron chi connectivity index (χ2n) is 9.00. The van der Waals surface area contributed by atoms with Crippen molar-refractivity contribution in [1.82, 2.24) is 14.9 Å². The normalized spacial score (nSPS) is 14.1. The van der Waals surface area contributed by atoms with Crippen LogP contribution in [0.25, 0.3) is 10.9 Å². The van der Waals surface area contributed by atoms with Crippen LogP contribution in [-0.4, -0.2) is 52.4 Å². The number of aromatic nitrogens is 2. The number of benzene rings is 2. The van der Waals surface area contributed by atoms with Gasteiger partial charge in [0.1, 0.15) is 6.54 Å². The highest BCUT2D eigenvalue weighted by molar-refractivity contribution is 6.10. The van der Waals surface area contributed by atoms with Crippen LogP contribution >= 0.6 is 0 Å². The van der Waals surface area contributed by atoms with Gasteiger partial charge in [-0.15, -0.1) is 0 Å². The van der Waals surface area contributed by atoms with Crippen molar-refractivity contribution in [3.8, 4) is 0 Å². The average molecular weight is 468 g/mol. The molecule has 1 saturated heterocycles. The fraction of sp³-hybridized carbons (Fsp3) is 0.250. The first-order valence-corrected chi connectivity index (χ1v) is 12.0. The van der Waals surface area contributed by atoms with Gasteiger partial charge in [-0.2, -0.15) is 0 Å². The minimum Gasteiger partial charge on any atom is -0.381 e. The molecule has 2 aromatic carbocycles. The molecule has 5 rings (SSSR count). The van der Waals surface area contributed by atoms with E-state index < -0.39 is 0 Å². The topological polar surface area (TPSA) is 81.3 Å². The monoisotopic (exact) mass is 467 g/mol. The summed E-state index contributed by atoms with van der Waals surface area (Å²) in [5.74, 6) is -0.231. The number of amides is 2. The molecule has 7 nitrogen and oxygen atoms in total. The Morgan fingerprint density at radius 1 is 1.09 bits per heavy atom. The number of piperidine rings is 1. The molecule has 0 atom stereocenters. The van der Waals surface area contributed by atoms with Crippen molar-refractivity contribution in [2.75, 3.05) is 29.9 Å². The number of pyridine rings is 1. The molecule has 35 heavy (non-hydrogen) atoms. The van der Waals surface area contributed by atoms with E-state index in [1.165, 1.54) is 0 Å². The summed E-state index contributed by atoms with van der Waals surface area (Å²) in [7, 11) is 0. The molecule has 1 fully saturated rings. The number of nitrogens with zero attached hydrogens (tertiary/aromatic N) is 3. The molecular weight excluding hydrogens is 438 g/mol. The van der Waals surface area contributed by atoms with Crippen molar-refractivity contribution >= 4 is 34.1 Å². The zero-order chi connectivity index (χ0) is 24.2. The number of aryl methyl sites for hydroxylation is 1. The Hall–Kier alpha value is -4.13. The van der Waals surface area contributed by atoms with Crippen molar-refractivity contribution < 1.29 is 9.59 Å². The van der Waals surface area contributed by atoms with Crippen LogP contribution in [-0.2, 0) is 4.79 Å². The second-order valence-corrected chi connectivity index (χ2v) is 9.00. The first-order chi connectivity index (χ1) is 17.1. The summed E-state index contributed by atoms with van der Waals surface area (Å²) in [4.78, 5) is 37.7. The molecule has 2 N–H and O–H groups in total. The summed E-state index contributed by atoms with van der Waals surface area (Å²) in [6.45, 7) is 3.35. The lowest BCUT2D eigenvalue weighted by Gasteiger charge is -2.34. The van der Waals surface area contributed by atoms with E-state index in [1.807, 2.05) is 84.9 Å². The number of hydrogen-bond donors (Lipinski definition) is 2. The van der Waals surface area contributed by atoms with E-state index in [1.54, 1.807) is 11.1 Å². The molecule has 178 valence electrons. The number of rotatable bonds is 6. The van der Waals surface area contributed by atoms with Crippen LogP contribution in [0.1, 0.15) is 28.8 Å². The second kappa shape index (κ2) is 10.0. The van der Waals surface area contributed by atoms with Crippen LogP contribution in [0.3, 0.4) is 0 Å². The van der Waals surface area contributed by atoms with Gasteiger partial charge in [0, 0.05) is 59.9 Å². The van der Waals surface area contributed by atoms with Crippen molar-refractivity contribution in [2.45, 2.75) is 25.8 Å². The minimum absolute atomic E-state index is 0.00530. The fourth-order valence-electron chi connectivity index (χ4n) is 4.64. The number of carbonyl (C=O) groups excluding carboxylic acids is 2. The SMILES string of the molecule is Cc1c[nH]c2cc(C(=O)N(CC(=O)N3CCC(Nc4cccnc4)CC3)c3ccccc3)ccc12. The summed E-state index contributed by atoms with van der Waals surface area (Å²) >= 11 is 0. The third-order valence-corrected chi connectivity index (χ3v) is 6.62. The van der Waals surface area contributed by atoms with Gasteiger partial charge in [-0.25, -0.2) is 0 Å². The van der Waals surface area contributed by atoms with Gasteiger partial charge in [-0.1, -0.05) is 24.3 Å². The molecule has 1 aliphatic rings. The summed E-state index contributed by atoms with van der Waals surface area (Å²) in [6.07, 6.45) is 7.20. The van der Waals surface area contributed by atoms with Crippen molar-refractivity contribution in [2.24, 2.45) is 0 Å². The number of nitrogens with one attached hydrogen (secondary N) is 2. The lowest BCUT2D eigenvalue weighted by atomic mass is 10.0. The van der Waals surface area contributed by atoms with Gasteiger partial charge in [0.2, 0.25) is 5.91 Å². The summed E-state index contributed by atoms with van der Waals surface area (Å²) < 4.78 is 0. The van der Waals surface area contributed by atoms with Crippen molar-refractivity contribution in [1.29, 1.82) is 0 Å². The van der Waals surface area contributed by atoms with E-state index in [-0.39, 0.29) is 18.4 Å². The van der Waals surface area contributed by atoms with Gasteiger partial charge in [0.15, 0.2) is 0 Å². The number of fused-ring (bicyclic) bond motifs is 1. The third-order valence-electron chi connectivity index (χ3n) is 6.62. The molecule has 0 spiro atoms. The number of aromatic amines is 1. The zero-order valence-electron chi connectivity index (χ0n) is 19.8. The molecule has 1 aliphatic heterocycles. The molecule has 4 aromatic rings. The first kappa shape index (κ1) is 22.7. The van der Waals surface area contributed by atoms with Crippen LogP contribution in [0.5, 0.6) is 0 Å². The standard InChI is InChI=1S/C28H29N5O2/c1-20-17-30-26-16-21(9-10-25(20)26)28(35)33(24-7-3-2-4-8-24)19-27(34)32-14-11-22(12-15-32)31-23-6-5-13-29-18-23/h2-10,13,16-18,22,30-31H,11-12,14-15,19H2,1H3. The van der Waals surface area contributed by atoms with E-state index in [2.05, 4.69) is 15.3 Å². The largest absolute Gasteiger partial charge is 0.381 e. The van der Waals surface area contributed by atoms with Crippen LogP contribution in [0.15, 0.2) is 79.3 Å². The van der Waals surface area contributed by atoms with E-state index in [4.69, 9.17) is 0 Å². The Balaban J connectivity index is 1.29. The predicted octanol–water partition coefficient (Wildman–Crippen LogP) is 4.62. The van der Waals surface area contributed by atoms with Crippen LogP contribution in [0, 0.1) is 6.92 Å². The number of hydrogen-bond acceptors (Lipinski definition) is 4. The van der Waals surface area contributed by atoms with E-state index in [0.717, 1.165) is 35.0 Å². The van der Waals surface area contributed by atoms with Gasteiger partial charge < -0.3 is 15.2 Å². The molecule has 7 heteroatoms. The van der Waals surface area contributed by atoms with Gasteiger partial charge in [-0.05, 0) is 61.7 Å². The lowest BCUT2D eigenvalue weighted by molar-refractivity contribution is -0.130. The highest BCUT2D eigenvalue weighted by Crippen LogP contribution is 2.23. The smallest absolute Gasteiger partial charge is 0.258 e. The van der Waals surface area contributed by atoms with Gasteiger partial charge in [-0.3, -0.25) is 19.5 Å². The third kappa shape index (κ3) is 5.04. The van der Waals surface area contributed by atoms with Crippen LogP contribution < -0.4 is 10.2 Å². The molecular formula is C28H29N5O2. The summed E-state index contributed by atoms with van der Waals surface area (Å²) in [6, 6.07) is 19.3. The van der Waals surface area contributed by atoms with Crippen LogP contribution in [0.2, 0.25) is 0 Å². The highest BCUT2D eigenvalue weighted by Gasteiger charge is 2.27. The quantitative estimate of drug-likeness (QED) is 0.434. The number of H-pyrrole nitrogens is 1. The van der Waals surface area contributed by atoms with E-state index in [9.17, 15) is 9.59 Å². The zero-order valence-corrected chi connectivity index (χ0v) is 19.8. The average Bonchev–Trinajstić information content (AvgIpc) is 3.28. The maximum absolute atomic E-state index is 13.6. The number of anilines is 2. The molecule has 2 amide bonds. The summed E-state index contributed by atoms with van der Waals surface area (Å²) in [5.41, 5.74) is 4.30. The molecule has 3 heterocycles. The number of para-hydroxylation sites is 1. The highest BCUT2D eigenvalue weighted by atomic mass is 16.2. The molecule has 0 saturated carbocycles. The number of carbonyl (C=O) groups is 2. The molecule has 0 aliphatic carbocycles. The molecule has 0 radical (unpaired) electrons. The van der Waals surface area contributed by atoms with Crippen LogP contribution in [0.4, 0.5) is 11.4 Å². The first-order valence-electron chi connectivity index (χ1n) is 12.0. The van der Waals surface area contributed by atoms with Crippen molar-refractivity contribution in [3.05, 3.63) is 90.4 Å². The van der Waals surface area contributed by atoms with E-state index >= 15 is 0 Å². The summed E-state index contributed by atoms with van der Waals surface area (Å²) in [5, 5.41) is 4.58. The number of likely N-dealkylation sites (tertiary alicyclic amines) is 1. The van der Waals surface area contributed by atoms with Gasteiger partial charge in [0.05, 0.1) is 5.69 Å². The predicted molar refractivity (Wildman–Crippen MR) is 139 cm³/mol. The Bertz CT molecular complexity index is 1310. The van der Waals surface area contributed by atoms with Gasteiger partial charge >= 0.3 is 0 Å². The molecule has 0 bridgehead atoms. The Kier molecular flexibility index (Phi) is 6.48. The molecule has 0 unspecified atom stereocenters. The lowest BCUT2D eigenvalue weighted by Crippen LogP contribution is -2.47. The minimum atomic E-state index is -0.188. The Morgan fingerprint density at radius 3 is 2.63 bits per heavy atom. The van der Waals surface area contributed by atoms with Crippen molar-refractivity contribution in [3.63, 3.8) is 0 Å². The Morgan fingerprint density at radius 2 is 1.89 bits per heavy atom. The fourth-order valence-corrected chi connectivity index (χ4v) is 4.64. The van der Waals surface area contributed by atoms with Gasteiger partial charge in [0.25, 0.3) is 5.91 Å². The maximum atomic E-state index is 13.6. The molecule has 2 aromatic heterocycles. The van der Waals surface area contributed by atoms with E-state index in [0.29, 0.717) is 30.4 Å².